The number of hydrogen-bond donors (Lipinski definition) is 2. The van der Waals surface area contributed by atoms with Crippen molar-refractivity contribution >= 4 is 5.97 Å². The molecule has 1 aliphatic rings. The third-order valence-corrected chi connectivity index (χ3v) is 3.44. The Kier molecular flexibility index (Phi) is 5.99. The van der Waals surface area contributed by atoms with Crippen molar-refractivity contribution < 1.29 is 9.90 Å². The third-order valence-electron chi connectivity index (χ3n) is 3.44. The summed E-state index contributed by atoms with van der Waals surface area (Å²) in [6.45, 7) is 2.06. The van der Waals surface area contributed by atoms with Gasteiger partial charge in [0.15, 0.2) is 0 Å². The first-order valence-corrected chi connectivity index (χ1v) is 6.55. The van der Waals surface area contributed by atoms with Crippen molar-refractivity contribution in [2.24, 2.45) is 5.92 Å². The average Bonchev–Trinajstić information content (AvgIpc) is 2.34. The Labute approximate surface area is 103 Å². The van der Waals surface area contributed by atoms with Crippen LogP contribution in [0.25, 0.3) is 0 Å². The Hall–Kier alpha value is -1.08. The molecule has 2 N–H and O–H groups in total. The number of nitrogens with zero attached hydrogens (tertiary/aromatic N) is 1. The van der Waals surface area contributed by atoms with Gasteiger partial charge in [-0.25, -0.2) is 0 Å². The maximum atomic E-state index is 11.1. The van der Waals surface area contributed by atoms with Crippen LogP contribution in [0.2, 0.25) is 0 Å². The van der Waals surface area contributed by atoms with Crippen molar-refractivity contribution in [3.63, 3.8) is 0 Å². The summed E-state index contributed by atoms with van der Waals surface area (Å²) in [4.78, 5) is 11.1. The second-order valence-corrected chi connectivity index (χ2v) is 4.89. The van der Waals surface area contributed by atoms with Crippen LogP contribution in [0.3, 0.4) is 0 Å². The summed E-state index contributed by atoms with van der Waals surface area (Å²) in [5.41, 5.74) is 0. The number of nitrogens with one attached hydrogen (secondary N) is 1. The van der Waals surface area contributed by atoms with Gasteiger partial charge in [0.05, 0.1) is 6.07 Å². The fourth-order valence-electron chi connectivity index (χ4n) is 2.43. The van der Waals surface area contributed by atoms with Crippen molar-refractivity contribution in [1.29, 1.82) is 5.26 Å². The fourth-order valence-corrected chi connectivity index (χ4v) is 2.43. The third kappa shape index (κ3) is 4.74. The van der Waals surface area contributed by atoms with Crippen LogP contribution in [0.4, 0.5) is 0 Å². The predicted octanol–water partition coefficient (Wildman–Crippen LogP) is 2.30. The molecule has 0 aliphatic heterocycles. The molecule has 1 aliphatic carbocycles. The summed E-state index contributed by atoms with van der Waals surface area (Å²) in [7, 11) is 0. The lowest BCUT2D eigenvalue weighted by atomic mass is 9.86. The number of carboxylic acids is 1. The summed E-state index contributed by atoms with van der Waals surface area (Å²) >= 11 is 0. The zero-order chi connectivity index (χ0) is 12.7. The lowest BCUT2D eigenvalue weighted by molar-refractivity contribution is -0.140. The molecule has 0 aromatic heterocycles. The van der Waals surface area contributed by atoms with Crippen LogP contribution in [-0.2, 0) is 4.79 Å². The van der Waals surface area contributed by atoms with Gasteiger partial charge in [0, 0.05) is 12.0 Å². The highest BCUT2D eigenvalue weighted by atomic mass is 16.4. The zero-order valence-corrected chi connectivity index (χ0v) is 10.5. The lowest BCUT2D eigenvalue weighted by Gasteiger charge is -2.28. The minimum atomic E-state index is -0.766. The van der Waals surface area contributed by atoms with E-state index >= 15 is 0 Å². The van der Waals surface area contributed by atoms with Gasteiger partial charge in [-0.15, -0.1) is 0 Å². The fraction of sp³-hybridized carbons (Fsp3) is 0.846. The van der Waals surface area contributed by atoms with Gasteiger partial charge in [0.1, 0.15) is 6.04 Å². The number of rotatable bonds is 6. The van der Waals surface area contributed by atoms with Crippen molar-refractivity contribution in [3.05, 3.63) is 0 Å². The van der Waals surface area contributed by atoms with E-state index < -0.39 is 12.0 Å². The molecular formula is C13H22N2O2. The van der Waals surface area contributed by atoms with Gasteiger partial charge in [-0.1, -0.05) is 26.2 Å². The van der Waals surface area contributed by atoms with Gasteiger partial charge in [-0.2, -0.15) is 5.26 Å². The Morgan fingerprint density at radius 2 is 2.35 bits per heavy atom. The summed E-state index contributed by atoms with van der Waals surface area (Å²) in [6, 6.07) is 2.05. The summed E-state index contributed by atoms with van der Waals surface area (Å²) in [5, 5.41) is 21.2. The molecule has 1 saturated carbocycles. The Morgan fingerprint density at radius 1 is 1.59 bits per heavy atom. The first-order valence-electron chi connectivity index (χ1n) is 6.55. The maximum Gasteiger partial charge on any atom is 0.320 e. The van der Waals surface area contributed by atoms with Crippen LogP contribution in [-0.4, -0.2) is 23.2 Å². The molecule has 4 heteroatoms. The van der Waals surface area contributed by atoms with Gasteiger partial charge < -0.3 is 10.4 Å². The van der Waals surface area contributed by atoms with Gasteiger partial charge in [-0.3, -0.25) is 4.79 Å². The zero-order valence-electron chi connectivity index (χ0n) is 10.5. The Morgan fingerprint density at radius 3 is 2.94 bits per heavy atom. The van der Waals surface area contributed by atoms with Crippen molar-refractivity contribution in [3.8, 4) is 6.07 Å². The second kappa shape index (κ2) is 7.29. The van der Waals surface area contributed by atoms with Gasteiger partial charge in [0.2, 0.25) is 0 Å². The van der Waals surface area contributed by atoms with E-state index in [1.165, 1.54) is 0 Å². The minimum absolute atomic E-state index is 0.0990. The molecule has 96 valence electrons. The molecule has 0 spiro atoms. The second-order valence-electron chi connectivity index (χ2n) is 4.89. The first-order chi connectivity index (χ1) is 8.17. The molecule has 0 saturated heterocycles. The molecule has 2 unspecified atom stereocenters. The highest BCUT2D eigenvalue weighted by Crippen LogP contribution is 2.24. The normalized spacial score (nSPS) is 26.1. The van der Waals surface area contributed by atoms with E-state index in [0.29, 0.717) is 6.42 Å². The highest BCUT2D eigenvalue weighted by Gasteiger charge is 2.26. The Bertz CT molecular complexity index is 286. The molecular weight excluding hydrogens is 216 g/mol. The van der Waals surface area contributed by atoms with Crippen molar-refractivity contribution in [2.75, 3.05) is 0 Å². The number of carboxylic acid groups (broad SMARTS) is 1. The molecule has 4 nitrogen and oxygen atoms in total. The number of carbonyl (C=O) groups is 1. The molecule has 17 heavy (non-hydrogen) atoms. The number of hydrogen-bond acceptors (Lipinski definition) is 3. The van der Waals surface area contributed by atoms with Crippen LogP contribution in [0, 0.1) is 17.2 Å². The van der Waals surface area contributed by atoms with E-state index in [4.69, 9.17) is 10.4 Å². The van der Waals surface area contributed by atoms with Crippen LogP contribution in [0.15, 0.2) is 0 Å². The van der Waals surface area contributed by atoms with Crippen molar-refractivity contribution in [1.82, 2.24) is 5.32 Å². The standard InChI is InChI=1S/C13H22N2O2/c1-2-3-7-12(13(16)17)15-11-6-4-5-10(8-11)9-14/h10-12,15H,2-8H2,1H3,(H,16,17)/t10?,11?,12-/m0/s1. The minimum Gasteiger partial charge on any atom is -0.480 e. The predicted molar refractivity (Wildman–Crippen MR) is 65.4 cm³/mol. The molecule has 0 aromatic carbocycles. The maximum absolute atomic E-state index is 11.1. The van der Waals surface area contributed by atoms with Crippen molar-refractivity contribution in [2.45, 2.75) is 64.0 Å². The van der Waals surface area contributed by atoms with Crippen LogP contribution >= 0.6 is 0 Å². The number of unbranched alkanes of at least 4 members (excludes halogenated alkanes) is 1. The van der Waals surface area contributed by atoms with E-state index in [1.54, 1.807) is 0 Å². The van der Waals surface area contributed by atoms with Gasteiger partial charge in [-0.05, 0) is 25.7 Å². The van der Waals surface area contributed by atoms with E-state index in [-0.39, 0.29) is 12.0 Å². The monoisotopic (exact) mass is 238 g/mol. The molecule has 0 aromatic rings. The first kappa shape index (κ1) is 14.0. The molecule has 3 atom stereocenters. The molecule has 0 bridgehead atoms. The van der Waals surface area contributed by atoms with E-state index in [1.807, 2.05) is 0 Å². The van der Waals surface area contributed by atoms with Gasteiger partial charge in [0.25, 0.3) is 0 Å². The van der Waals surface area contributed by atoms with Crippen LogP contribution in [0.5, 0.6) is 0 Å². The van der Waals surface area contributed by atoms with Crippen LogP contribution in [0.1, 0.15) is 51.9 Å². The molecule has 0 radical (unpaired) electrons. The Balaban J connectivity index is 2.43. The van der Waals surface area contributed by atoms with E-state index in [9.17, 15) is 4.79 Å². The highest BCUT2D eigenvalue weighted by molar-refractivity contribution is 5.73. The number of nitriles is 1. The summed E-state index contributed by atoms with van der Waals surface area (Å²) in [5.74, 6) is -0.667. The lowest BCUT2D eigenvalue weighted by Crippen LogP contribution is -2.45. The summed E-state index contributed by atoms with van der Waals surface area (Å²) in [6.07, 6.45) is 6.40. The molecule has 0 heterocycles. The topological polar surface area (TPSA) is 73.1 Å². The SMILES string of the molecule is CCCC[C@H](NC1CCCC(C#N)C1)C(=O)O. The summed E-state index contributed by atoms with van der Waals surface area (Å²) < 4.78 is 0. The number of aliphatic carboxylic acids is 1. The molecule has 1 rings (SSSR count). The van der Waals surface area contributed by atoms with Crippen LogP contribution < -0.4 is 5.32 Å². The average molecular weight is 238 g/mol. The largest absolute Gasteiger partial charge is 0.480 e. The van der Waals surface area contributed by atoms with E-state index in [2.05, 4.69) is 18.3 Å². The molecule has 1 fully saturated rings. The van der Waals surface area contributed by atoms with Gasteiger partial charge >= 0.3 is 5.97 Å². The quantitative estimate of drug-likeness (QED) is 0.744. The van der Waals surface area contributed by atoms with E-state index in [0.717, 1.165) is 38.5 Å². The molecule has 0 amide bonds. The smallest absolute Gasteiger partial charge is 0.320 e.